The summed E-state index contributed by atoms with van der Waals surface area (Å²) in [5.41, 5.74) is 5.27. The summed E-state index contributed by atoms with van der Waals surface area (Å²) in [6.45, 7) is 5.99. The van der Waals surface area contributed by atoms with Gasteiger partial charge in [0.25, 0.3) is 11.8 Å². The number of para-hydroxylation sites is 2. The molecule has 1 aliphatic heterocycles. The molecule has 0 bridgehead atoms. The molecule has 2 amide bonds. The average Bonchev–Trinajstić information content (AvgIpc) is 3.06. The molecule has 8 heteroatoms. The van der Waals surface area contributed by atoms with Crippen LogP contribution in [0, 0.1) is 20.8 Å². The minimum absolute atomic E-state index is 0.00161. The first-order valence-corrected chi connectivity index (χ1v) is 11.4. The van der Waals surface area contributed by atoms with Crippen molar-refractivity contribution in [2.45, 2.75) is 20.8 Å². The maximum atomic E-state index is 13.4. The Morgan fingerprint density at radius 2 is 1.79 bits per heavy atom. The number of hydrogen-bond donors (Lipinski definition) is 1. The second-order valence-corrected chi connectivity index (χ2v) is 8.97. The molecule has 0 spiro atoms. The number of methoxy groups -OCH3 is 1. The second-order valence-electron chi connectivity index (χ2n) is 7.73. The van der Waals surface area contributed by atoms with Crippen LogP contribution < -0.4 is 15.0 Å². The van der Waals surface area contributed by atoms with Gasteiger partial charge < -0.3 is 9.30 Å². The van der Waals surface area contributed by atoms with Crippen LogP contribution in [0.1, 0.15) is 22.5 Å². The van der Waals surface area contributed by atoms with E-state index in [2.05, 4.69) is 31.9 Å². The van der Waals surface area contributed by atoms with Gasteiger partial charge in [0.05, 0.1) is 12.8 Å². The van der Waals surface area contributed by atoms with Crippen LogP contribution >= 0.6 is 28.1 Å². The smallest absolute Gasteiger partial charge is 0.270 e. The number of carbonyl (C=O) groups excluding carboxylic acids is 2. The number of nitrogens with zero attached hydrogens (tertiary/aromatic N) is 2. The van der Waals surface area contributed by atoms with Crippen LogP contribution in [-0.2, 0) is 9.59 Å². The van der Waals surface area contributed by atoms with Crippen LogP contribution in [0.5, 0.6) is 5.75 Å². The molecule has 0 aliphatic carbocycles. The SMILES string of the molecule is COc1ccccc1N1C(=O)/C(=C/c2cc(C)n(-c3ccc(Br)c(C)c3)c2C)C(=O)NC1=S. The molecule has 33 heavy (non-hydrogen) atoms. The molecule has 1 N–H and O–H groups in total. The number of thiocarbonyl (C=S) groups is 1. The van der Waals surface area contributed by atoms with Crippen molar-refractivity contribution >= 4 is 56.8 Å². The molecule has 1 aliphatic rings. The molecule has 0 unspecified atom stereocenters. The lowest BCUT2D eigenvalue weighted by Crippen LogP contribution is -2.54. The van der Waals surface area contributed by atoms with Gasteiger partial charge in [-0.2, -0.15) is 0 Å². The number of halogens is 1. The van der Waals surface area contributed by atoms with Crippen molar-refractivity contribution in [2.75, 3.05) is 12.0 Å². The van der Waals surface area contributed by atoms with Gasteiger partial charge in [0.2, 0.25) is 0 Å². The first-order chi connectivity index (χ1) is 15.7. The second kappa shape index (κ2) is 8.96. The van der Waals surface area contributed by atoms with Crippen molar-refractivity contribution in [2.24, 2.45) is 0 Å². The maximum Gasteiger partial charge on any atom is 0.270 e. The predicted molar refractivity (Wildman–Crippen MR) is 137 cm³/mol. The van der Waals surface area contributed by atoms with Crippen LogP contribution in [0.15, 0.2) is 58.6 Å². The molecule has 1 saturated heterocycles. The number of carbonyl (C=O) groups is 2. The van der Waals surface area contributed by atoms with E-state index in [4.69, 9.17) is 17.0 Å². The molecule has 1 fully saturated rings. The molecule has 2 aromatic carbocycles. The van der Waals surface area contributed by atoms with Gasteiger partial charge in [0, 0.05) is 21.5 Å². The first-order valence-electron chi connectivity index (χ1n) is 10.2. The largest absolute Gasteiger partial charge is 0.495 e. The van der Waals surface area contributed by atoms with Crippen molar-refractivity contribution in [3.63, 3.8) is 0 Å². The molecule has 2 heterocycles. The molecule has 168 valence electrons. The molecular formula is C25H22BrN3O3S. The summed E-state index contributed by atoms with van der Waals surface area (Å²) >= 11 is 8.85. The van der Waals surface area contributed by atoms with Crippen molar-refractivity contribution in [1.29, 1.82) is 0 Å². The summed E-state index contributed by atoms with van der Waals surface area (Å²) in [5, 5.41) is 2.64. The zero-order valence-corrected chi connectivity index (χ0v) is 21.0. The summed E-state index contributed by atoms with van der Waals surface area (Å²) in [5.74, 6) is -0.550. The quantitative estimate of drug-likeness (QED) is 0.296. The summed E-state index contributed by atoms with van der Waals surface area (Å²) in [7, 11) is 1.52. The van der Waals surface area contributed by atoms with Gasteiger partial charge in [-0.3, -0.25) is 14.9 Å². The lowest BCUT2D eigenvalue weighted by atomic mass is 10.1. The highest BCUT2D eigenvalue weighted by Gasteiger charge is 2.36. The van der Waals surface area contributed by atoms with Crippen LogP contribution in [0.25, 0.3) is 11.8 Å². The zero-order valence-electron chi connectivity index (χ0n) is 18.6. The van der Waals surface area contributed by atoms with Crippen LogP contribution in [0.2, 0.25) is 0 Å². The van der Waals surface area contributed by atoms with E-state index in [1.54, 1.807) is 30.3 Å². The third-order valence-corrected chi connectivity index (χ3v) is 6.77. The number of aromatic nitrogens is 1. The number of ether oxygens (including phenoxy) is 1. The Kier molecular flexibility index (Phi) is 6.23. The maximum absolute atomic E-state index is 13.4. The summed E-state index contributed by atoms with van der Waals surface area (Å²) in [4.78, 5) is 27.5. The number of hydrogen-bond acceptors (Lipinski definition) is 4. The highest BCUT2D eigenvalue weighted by molar-refractivity contribution is 9.10. The molecule has 0 atom stereocenters. The fourth-order valence-corrected chi connectivity index (χ4v) is 4.47. The lowest BCUT2D eigenvalue weighted by molar-refractivity contribution is -0.122. The Hall–Kier alpha value is -3.23. The Bertz CT molecular complexity index is 1340. The van der Waals surface area contributed by atoms with Gasteiger partial charge in [0.1, 0.15) is 11.3 Å². The topological polar surface area (TPSA) is 63.6 Å². The molecule has 6 nitrogen and oxygen atoms in total. The minimum atomic E-state index is -0.527. The highest BCUT2D eigenvalue weighted by atomic mass is 79.9. The Morgan fingerprint density at radius 3 is 2.48 bits per heavy atom. The van der Waals surface area contributed by atoms with Gasteiger partial charge in [-0.15, -0.1) is 0 Å². The number of anilines is 1. The van der Waals surface area contributed by atoms with Gasteiger partial charge in [-0.25, -0.2) is 4.90 Å². The number of aryl methyl sites for hydroxylation is 2. The molecule has 4 rings (SSSR count). The molecule has 1 aromatic heterocycles. The summed E-state index contributed by atoms with van der Waals surface area (Å²) in [6, 6.07) is 15.1. The Labute approximate surface area is 206 Å². The number of amides is 2. The third-order valence-electron chi connectivity index (χ3n) is 5.60. The molecule has 3 aromatic rings. The van der Waals surface area contributed by atoms with E-state index in [0.717, 1.165) is 32.7 Å². The van der Waals surface area contributed by atoms with E-state index in [-0.39, 0.29) is 10.7 Å². The van der Waals surface area contributed by atoms with E-state index in [9.17, 15) is 9.59 Å². The Morgan fingerprint density at radius 1 is 1.06 bits per heavy atom. The Balaban J connectivity index is 1.78. The average molecular weight is 524 g/mol. The summed E-state index contributed by atoms with van der Waals surface area (Å²) in [6.07, 6.45) is 1.62. The standard InChI is InChI=1S/C25H22BrN3O3S/c1-14-11-18(9-10-20(14)26)28-15(2)12-17(16(28)3)13-19-23(30)27-25(33)29(24(19)31)21-7-5-6-8-22(21)32-4/h5-13H,1-4H3,(H,27,30,33)/b19-13+. The monoisotopic (exact) mass is 523 g/mol. The third kappa shape index (κ3) is 4.12. The zero-order chi connectivity index (χ0) is 23.9. The predicted octanol–water partition coefficient (Wildman–Crippen LogP) is 5.00. The fourth-order valence-electron chi connectivity index (χ4n) is 3.95. The van der Waals surface area contributed by atoms with Crippen molar-refractivity contribution < 1.29 is 14.3 Å². The fraction of sp³-hybridized carbons (Fsp3) is 0.160. The van der Waals surface area contributed by atoms with Gasteiger partial charge in [-0.05, 0) is 86.6 Å². The molecular weight excluding hydrogens is 502 g/mol. The number of benzene rings is 2. The van der Waals surface area contributed by atoms with Gasteiger partial charge in [-0.1, -0.05) is 28.1 Å². The van der Waals surface area contributed by atoms with E-state index >= 15 is 0 Å². The first kappa shape index (κ1) is 22.9. The van der Waals surface area contributed by atoms with E-state index in [1.807, 2.05) is 39.0 Å². The van der Waals surface area contributed by atoms with Crippen molar-refractivity contribution in [3.8, 4) is 11.4 Å². The highest BCUT2D eigenvalue weighted by Crippen LogP contribution is 2.32. The molecule has 0 radical (unpaired) electrons. The van der Waals surface area contributed by atoms with Crippen LogP contribution in [0.3, 0.4) is 0 Å². The normalized spacial score (nSPS) is 15.2. The number of rotatable bonds is 4. The lowest BCUT2D eigenvalue weighted by Gasteiger charge is -2.29. The van der Waals surface area contributed by atoms with Gasteiger partial charge in [0.15, 0.2) is 5.11 Å². The summed E-state index contributed by atoms with van der Waals surface area (Å²) < 4.78 is 8.52. The van der Waals surface area contributed by atoms with Crippen LogP contribution in [0.4, 0.5) is 5.69 Å². The van der Waals surface area contributed by atoms with E-state index < -0.39 is 11.8 Å². The van der Waals surface area contributed by atoms with Crippen LogP contribution in [-0.4, -0.2) is 28.6 Å². The minimum Gasteiger partial charge on any atom is -0.495 e. The van der Waals surface area contributed by atoms with Gasteiger partial charge >= 0.3 is 0 Å². The van der Waals surface area contributed by atoms with E-state index in [0.29, 0.717) is 11.4 Å². The molecule has 0 saturated carbocycles. The number of nitrogens with one attached hydrogen (secondary N) is 1. The van der Waals surface area contributed by atoms with Crippen molar-refractivity contribution in [1.82, 2.24) is 9.88 Å². The van der Waals surface area contributed by atoms with E-state index in [1.165, 1.54) is 12.0 Å². The van der Waals surface area contributed by atoms with Crippen molar-refractivity contribution in [3.05, 3.63) is 81.1 Å².